The Hall–Kier alpha value is -2.19. The zero-order valence-corrected chi connectivity index (χ0v) is 13.3. The summed E-state index contributed by atoms with van der Waals surface area (Å²) < 4.78 is 41.1. The van der Waals surface area contributed by atoms with Crippen LogP contribution in [-0.2, 0) is 34.7 Å². The van der Waals surface area contributed by atoms with Gasteiger partial charge in [-0.3, -0.25) is 4.79 Å². The van der Waals surface area contributed by atoms with Crippen molar-refractivity contribution in [3.63, 3.8) is 0 Å². The summed E-state index contributed by atoms with van der Waals surface area (Å²) in [6, 6.07) is 8.05. The van der Waals surface area contributed by atoms with Gasteiger partial charge in [-0.05, 0) is 36.4 Å². The van der Waals surface area contributed by atoms with Gasteiger partial charge in [-0.2, -0.15) is 0 Å². The molecule has 0 saturated carbocycles. The number of halogens is 1. The summed E-state index contributed by atoms with van der Waals surface area (Å²) in [5, 5.41) is 8.80. The molecule has 2 N–H and O–H groups in total. The molecule has 0 unspecified atom stereocenters. The van der Waals surface area contributed by atoms with Crippen molar-refractivity contribution in [2.75, 3.05) is 6.54 Å². The number of benzene rings is 1. The van der Waals surface area contributed by atoms with Crippen molar-refractivity contribution >= 4 is 16.0 Å². The maximum absolute atomic E-state index is 12.8. The van der Waals surface area contributed by atoms with E-state index in [0.717, 1.165) is 17.8 Å². The highest BCUT2D eigenvalue weighted by Gasteiger charge is 2.14. The summed E-state index contributed by atoms with van der Waals surface area (Å²) in [4.78, 5) is 10.7. The predicted octanol–water partition coefficient (Wildman–Crippen LogP) is 1.31. The van der Waals surface area contributed by atoms with Gasteiger partial charge in [0.1, 0.15) is 5.82 Å². The van der Waals surface area contributed by atoms with Gasteiger partial charge < -0.3 is 9.67 Å². The standard InChI is InChI=1S/C15H17FN2O4S/c1-18-12(4-5-13(18)10-15(19)20)8-9-17-23(21,22)14-6-2-11(16)3-7-14/h2-7,17H,8-10H2,1H3,(H,19,20). The first-order valence-corrected chi connectivity index (χ1v) is 8.38. The summed E-state index contributed by atoms with van der Waals surface area (Å²) in [6.07, 6.45) is 0.328. The Bertz CT molecular complexity index is 797. The first-order chi connectivity index (χ1) is 10.8. The van der Waals surface area contributed by atoms with E-state index in [0.29, 0.717) is 12.1 Å². The molecule has 0 spiro atoms. The highest BCUT2D eigenvalue weighted by molar-refractivity contribution is 7.89. The average Bonchev–Trinajstić information content (AvgIpc) is 2.80. The summed E-state index contributed by atoms with van der Waals surface area (Å²) in [6.45, 7) is 0.157. The quantitative estimate of drug-likeness (QED) is 0.795. The molecule has 1 aromatic heterocycles. The molecule has 0 radical (unpaired) electrons. The Morgan fingerprint density at radius 1 is 1.17 bits per heavy atom. The maximum Gasteiger partial charge on any atom is 0.309 e. The molecule has 124 valence electrons. The molecule has 1 aromatic carbocycles. The highest BCUT2D eigenvalue weighted by Crippen LogP contribution is 2.11. The molecule has 0 saturated heterocycles. The number of hydrogen-bond acceptors (Lipinski definition) is 3. The van der Waals surface area contributed by atoms with E-state index in [1.165, 1.54) is 12.1 Å². The van der Waals surface area contributed by atoms with E-state index in [4.69, 9.17) is 5.11 Å². The van der Waals surface area contributed by atoms with Crippen LogP contribution in [0.2, 0.25) is 0 Å². The van der Waals surface area contributed by atoms with E-state index in [9.17, 15) is 17.6 Å². The lowest BCUT2D eigenvalue weighted by molar-refractivity contribution is -0.136. The van der Waals surface area contributed by atoms with Crippen LogP contribution in [0, 0.1) is 5.82 Å². The van der Waals surface area contributed by atoms with Crippen LogP contribution in [0.15, 0.2) is 41.3 Å². The minimum absolute atomic E-state index is 0.00246. The number of nitrogens with one attached hydrogen (secondary N) is 1. The van der Waals surface area contributed by atoms with Crippen LogP contribution in [0.3, 0.4) is 0 Å². The van der Waals surface area contributed by atoms with Crippen LogP contribution < -0.4 is 4.72 Å². The van der Waals surface area contributed by atoms with Crippen LogP contribution in [-0.4, -0.2) is 30.6 Å². The van der Waals surface area contributed by atoms with Crippen LogP contribution in [0.25, 0.3) is 0 Å². The fourth-order valence-electron chi connectivity index (χ4n) is 2.19. The molecular weight excluding hydrogens is 323 g/mol. The number of hydrogen-bond donors (Lipinski definition) is 2. The molecule has 8 heteroatoms. The lowest BCUT2D eigenvalue weighted by Gasteiger charge is -2.09. The second-order valence-electron chi connectivity index (χ2n) is 5.05. The van der Waals surface area contributed by atoms with Gasteiger partial charge in [-0.25, -0.2) is 17.5 Å². The number of carboxylic acids is 1. The van der Waals surface area contributed by atoms with Crippen LogP contribution in [0.5, 0.6) is 0 Å². The van der Waals surface area contributed by atoms with Crippen molar-refractivity contribution in [2.45, 2.75) is 17.7 Å². The topological polar surface area (TPSA) is 88.4 Å². The Labute approximate surface area is 133 Å². The summed E-state index contributed by atoms with van der Waals surface area (Å²) >= 11 is 0. The fourth-order valence-corrected chi connectivity index (χ4v) is 3.23. The monoisotopic (exact) mass is 340 g/mol. The third-order valence-corrected chi connectivity index (χ3v) is 4.94. The van der Waals surface area contributed by atoms with Gasteiger partial charge in [0.2, 0.25) is 10.0 Å². The highest BCUT2D eigenvalue weighted by atomic mass is 32.2. The second kappa shape index (κ2) is 6.93. The first-order valence-electron chi connectivity index (χ1n) is 6.90. The van der Waals surface area contributed by atoms with Gasteiger partial charge in [0.05, 0.1) is 11.3 Å². The lowest BCUT2D eigenvalue weighted by atomic mass is 10.3. The van der Waals surface area contributed by atoms with Crippen LogP contribution in [0.1, 0.15) is 11.4 Å². The molecule has 23 heavy (non-hydrogen) atoms. The first kappa shape index (κ1) is 17.2. The zero-order chi connectivity index (χ0) is 17.0. The lowest BCUT2D eigenvalue weighted by Crippen LogP contribution is -2.26. The molecule has 1 heterocycles. The van der Waals surface area contributed by atoms with Gasteiger partial charge in [0.25, 0.3) is 0 Å². The summed E-state index contributed by atoms with van der Waals surface area (Å²) in [7, 11) is -1.95. The van der Waals surface area contributed by atoms with Crippen LogP contribution in [0.4, 0.5) is 4.39 Å². The van der Waals surface area contributed by atoms with E-state index in [1.54, 1.807) is 23.7 Å². The minimum atomic E-state index is -3.69. The molecule has 2 rings (SSSR count). The molecule has 0 aliphatic carbocycles. The van der Waals surface area contributed by atoms with E-state index < -0.39 is 21.8 Å². The van der Waals surface area contributed by atoms with Crippen molar-refractivity contribution in [3.05, 3.63) is 53.6 Å². The van der Waals surface area contributed by atoms with E-state index in [2.05, 4.69) is 4.72 Å². The molecule has 0 bridgehead atoms. The molecule has 2 aromatic rings. The van der Waals surface area contributed by atoms with Crippen molar-refractivity contribution in [2.24, 2.45) is 7.05 Å². The number of carbonyl (C=O) groups is 1. The van der Waals surface area contributed by atoms with Gasteiger partial charge in [-0.1, -0.05) is 0 Å². The van der Waals surface area contributed by atoms with E-state index in [1.807, 2.05) is 0 Å². The Morgan fingerprint density at radius 2 is 1.78 bits per heavy atom. The van der Waals surface area contributed by atoms with E-state index in [-0.39, 0.29) is 17.9 Å². The van der Waals surface area contributed by atoms with Gasteiger partial charge >= 0.3 is 5.97 Å². The predicted molar refractivity (Wildman–Crippen MR) is 82.0 cm³/mol. The third-order valence-electron chi connectivity index (χ3n) is 3.46. The Balaban J connectivity index is 1.98. The van der Waals surface area contributed by atoms with Gasteiger partial charge in [0, 0.05) is 31.4 Å². The van der Waals surface area contributed by atoms with Crippen LogP contribution >= 0.6 is 0 Å². The second-order valence-corrected chi connectivity index (χ2v) is 6.81. The van der Waals surface area contributed by atoms with Crippen molar-refractivity contribution in [1.29, 1.82) is 0 Å². The number of aromatic nitrogens is 1. The molecule has 0 atom stereocenters. The van der Waals surface area contributed by atoms with Crippen molar-refractivity contribution in [3.8, 4) is 0 Å². The van der Waals surface area contributed by atoms with E-state index >= 15 is 0 Å². The number of carboxylic acid groups (broad SMARTS) is 1. The summed E-state index contributed by atoms with van der Waals surface area (Å²) in [5.41, 5.74) is 1.47. The maximum atomic E-state index is 12.8. The SMILES string of the molecule is Cn1c(CCNS(=O)(=O)c2ccc(F)cc2)ccc1CC(=O)O. The Morgan fingerprint density at radius 3 is 2.39 bits per heavy atom. The van der Waals surface area contributed by atoms with Gasteiger partial charge in [-0.15, -0.1) is 0 Å². The normalized spacial score (nSPS) is 11.6. The molecule has 0 fully saturated rings. The number of aliphatic carboxylic acids is 1. The number of nitrogens with zero attached hydrogens (tertiary/aromatic N) is 1. The number of rotatable bonds is 7. The fraction of sp³-hybridized carbons (Fsp3) is 0.267. The van der Waals surface area contributed by atoms with Gasteiger partial charge in [0.15, 0.2) is 0 Å². The molecule has 6 nitrogen and oxygen atoms in total. The molecule has 0 aliphatic heterocycles. The smallest absolute Gasteiger partial charge is 0.309 e. The molecule has 0 aliphatic rings. The Kier molecular flexibility index (Phi) is 5.17. The summed E-state index contributed by atoms with van der Waals surface area (Å²) in [5.74, 6) is -1.42. The zero-order valence-electron chi connectivity index (χ0n) is 12.5. The average molecular weight is 340 g/mol. The molecule has 0 amide bonds. The van der Waals surface area contributed by atoms with Crippen molar-refractivity contribution in [1.82, 2.24) is 9.29 Å². The largest absolute Gasteiger partial charge is 0.481 e. The number of sulfonamides is 1. The van der Waals surface area contributed by atoms with Crippen molar-refractivity contribution < 1.29 is 22.7 Å². The molecular formula is C15H17FN2O4S. The minimum Gasteiger partial charge on any atom is -0.481 e. The third kappa shape index (κ3) is 4.40.